The van der Waals surface area contributed by atoms with Gasteiger partial charge >= 0.3 is 0 Å². The molecule has 3 N–H and O–H groups in total. The van der Waals surface area contributed by atoms with Crippen molar-refractivity contribution in [1.29, 1.82) is 0 Å². The summed E-state index contributed by atoms with van der Waals surface area (Å²) in [5.41, 5.74) is 3.22. The number of benzene rings is 1. The van der Waals surface area contributed by atoms with Crippen molar-refractivity contribution in [3.05, 3.63) is 29.8 Å². The molecule has 0 unspecified atom stereocenters. The second kappa shape index (κ2) is 5.15. The smallest absolute Gasteiger partial charge is 0.285 e. The zero-order chi connectivity index (χ0) is 13.1. The van der Waals surface area contributed by atoms with Gasteiger partial charge in [0.2, 0.25) is 5.96 Å². The summed E-state index contributed by atoms with van der Waals surface area (Å²) in [7, 11) is -0.445. The van der Waals surface area contributed by atoms with Crippen molar-refractivity contribution in [2.75, 3.05) is 14.1 Å². The van der Waals surface area contributed by atoms with Crippen LogP contribution in [0.25, 0.3) is 0 Å². The molecule has 0 amide bonds. The van der Waals surface area contributed by atoms with Gasteiger partial charge in [-0.25, -0.2) is 5.84 Å². The van der Waals surface area contributed by atoms with Crippen molar-refractivity contribution in [2.24, 2.45) is 10.2 Å². The number of aryl methyl sites for hydroxylation is 1. The van der Waals surface area contributed by atoms with Crippen LogP contribution in [-0.4, -0.2) is 33.4 Å². The van der Waals surface area contributed by atoms with E-state index >= 15 is 0 Å². The van der Waals surface area contributed by atoms with Crippen LogP contribution in [-0.2, 0) is 10.0 Å². The van der Waals surface area contributed by atoms with Crippen LogP contribution < -0.4 is 11.3 Å². The van der Waals surface area contributed by atoms with Crippen molar-refractivity contribution in [3.63, 3.8) is 0 Å². The average Bonchev–Trinajstić information content (AvgIpc) is 2.26. The van der Waals surface area contributed by atoms with E-state index in [0.29, 0.717) is 0 Å². The van der Waals surface area contributed by atoms with Gasteiger partial charge in [-0.05, 0) is 19.1 Å². The van der Waals surface area contributed by atoms with E-state index < -0.39 is 10.0 Å². The molecule has 0 fully saturated rings. The Morgan fingerprint density at radius 2 is 1.82 bits per heavy atom. The first-order chi connectivity index (χ1) is 7.86. The van der Waals surface area contributed by atoms with Gasteiger partial charge in [0.05, 0.1) is 4.90 Å². The van der Waals surface area contributed by atoms with E-state index in [1.807, 2.05) is 6.92 Å². The number of sulfonamides is 1. The van der Waals surface area contributed by atoms with Crippen LogP contribution >= 0.6 is 0 Å². The second-order valence-corrected chi connectivity index (χ2v) is 5.35. The molecule has 6 nitrogen and oxygen atoms in total. The number of nitrogens with one attached hydrogen (secondary N) is 1. The number of hydrogen-bond donors (Lipinski definition) is 2. The van der Waals surface area contributed by atoms with Gasteiger partial charge in [0, 0.05) is 14.1 Å². The van der Waals surface area contributed by atoms with Gasteiger partial charge in [0.15, 0.2) is 0 Å². The van der Waals surface area contributed by atoms with Gasteiger partial charge in [-0.2, -0.15) is 8.42 Å². The highest BCUT2D eigenvalue weighted by atomic mass is 32.2. The maximum Gasteiger partial charge on any atom is 0.285 e. The molecule has 0 atom stereocenters. The van der Waals surface area contributed by atoms with Gasteiger partial charge in [-0.15, -0.1) is 4.40 Å². The molecule has 0 heterocycles. The number of hydrogen-bond acceptors (Lipinski definition) is 3. The highest BCUT2D eigenvalue weighted by Crippen LogP contribution is 2.13. The van der Waals surface area contributed by atoms with Crippen LogP contribution in [0.15, 0.2) is 33.6 Å². The Balaban J connectivity index is 3.16. The number of rotatable bonds is 2. The highest BCUT2D eigenvalue weighted by molar-refractivity contribution is 7.90. The molecule has 0 aromatic heterocycles. The fourth-order valence-electron chi connectivity index (χ4n) is 1.11. The van der Waals surface area contributed by atoms with Gasteiger partial charge < -0.3 is 4.90 Å². The summed E-state index contributed by atoms with van der Waals surface area (Å²) in [6, 6.07) is 6.46. The summed E-state index contributed by atoms with van der Waals surface area (Å²) in [5, 5.41) is 0. The standard InChI is InChI=1S/C10H16N4O2S/c1-8-4-6-9(7-5-8)17(15,16)13-10(12-11)14(2)3/h4-7H,11H2,1-3H3,(H,12,13). The largest absolute Gasteiger partial charge is 0.347 e. The van der Waals surface area contributed by atoms with Crippen LogP contribution in [0.4, 0.5) is 0 Å². The molecule has 94 valence electrons. The third kappa shape index (κ3) is 3.43. The molecule has 0 saturated carbocycles. The molecule has 0 aliphatic rings. The van der Waals surface area contributed by atoms with Crippen LogP contribution in [0.1, 0.15) is 5.56 Å². The average molecular weight is 256 g/mol. The van der Waals surface area contributed by atoms with Crippen molar-refractivity contribution < 1.29 is 8.42 Å². The molecular formula is C10H16N4O2S. The summed E-state index contributed by atoms with van der Waals surface area (Å²) in [4.78, 5) is 1.61. The van der Waals surface area contributed by atoms with Crippen molar-refractivity contribution in [3.8, 4) is 0 Å². The molecular weight excluding hydrogens is 240 g/mol. The second-order valence-electron chi connectivity index (χ2n) is 3.74. The normalized spacial score (nSPS) is 12.4. The van der Waals surface area contributed by atoms with Crippen LogP contribution in [0.2, 0.25) is 0 Å². The summed E-state index contributed by atoms with van der Waals surface area (Å²) >= 11 is 0. The van der Waals surface area contributed by atoms with E-state index in [9.17, 15) is 8.42 Å². The quantitative estimate of drug-likeness (QED) is 0.338. The molecule has 0 bridgehead atoms. The molecule has 0 radical (unpaired) electrons. The van der Waals surface area contributed by atoms with Crippen LogP contribution in [0.3, 0.4) is 0 Å². The van der Waals surface area contributed by atoms with E-state index in [1.54, 1.807) is 26.2 Å². The highest BCUT2D eigenvalue weighted by Gasteiger charge is 2.14. The Morgan fingerprint density at radius 3 is 2.24 bits per heavy atom. The lowest BCUT2D eigenvalue weighted by Gasteiger charge is -2.13. The molecule has 1 aromatic rings. The Bertz CT molecular complexity index is 506. The summed E-state index contributed by atoms with van der Waals surface area (Å²) < 4.78 is 27.4. The van der Waals surface area contributed by atoms with E-state index in [-0.39, 0.29) is 10.9 Å². The minimum Gasteiger partial charge on any atom is -0.347 e. The third-order valence-electron chi connectivity index (χ3n) is 2.08. The zero-order valence-corrected chi connectivity index (χ0v) is 10.8. The predicted octanol–water partition coefficient (Wildman–Crippen LogP) is 0.0646. The Kier molecular flexibility index (Phi) is 4.08. The summed E-state index contributed by atoms with van der Waals surface area (Å²) in [6.45, 7) is 1.88. The molecule has 0 saturated heterocycles. The minimum atomic E-state index is -3.73. The molecule has 1 rings (SSSR count). The van der Waals surface area contributed by atoms with E-state index in [0.717, 1.165) is 5.56 Å². The lowest BCUT2D eigenvalue weighted by molar-refractivity contribution is 0.578. The Hall–Kier alpha value is -1.60. The maximum absolute atomic E-state index is 11.9. The zero-order valence-electron chi connectivity index (χ0n) is 10.0. The summed E-state index contributed by atoms with van der Waals surface area (Å²) in [6.07, 6.45) is 0. The van der Waals surface area contributed by atoms with E-state index in [4.69, 9.17) is 5.84 Å². The van der Waals surface area contributed by atoms with Crippen LogP contribution in [0.5, 0.6) is 0 Å². The predicted molar refractivity (Wildman–Crippen MR) is 66.8 cm³/mol. The van der Waals surface area contributed by atoms with Gasteiger partial charge in [-0.3, -0.25) is 5.43 Å². The van der Waals surface area contributed by atoms with Crippen molar-refractivity contribution >= 4 is 16.0 Å². The molecule has 0 spiro atoms. The number of guanidine groups is 1. The van der Waals surface area contributed by atoms with Crippen molar-refractivity contribution in [2.45, 2.75) is 11.8 Å². The third-order valence-corrected chi connectivity index (χ3v) is 3.36. The van der Waals surface area contributed by atoms with E-state index in [2.05, 4.69) is 9.82 Å². The lowest BCUT2D eigenvalue weighted by atomic mass is 10.2. The van der Waals surface area contributed by atoms with E-state index in [1.165, 1.54) is 17.0 Å². The fraction of sp³-hybridized carbons (Fsp3) is 0.300. The van der Waals surface area contributed by atoms with Crippen LogP contribution in [0, 0.1) is 6.92 Å². The Morgan fingerprint density at radius 1 is 1.29 bits per heavy atom. The molecule has 1 aromatic carbocycles. The van der Waals surface area contributed by atoms with Crippen molar-refractivity contribution in [1.82, 2.24) is 10.3 Å². The number of nitrogens with two attached hydrogens (primary N) is 1. The topological polar surface area (TPSA) is 87.8 Å². The molecule has 0 aliphatic carbocycles. The first-order valence-corrected chi connectivity index (χ1v) is 6.36. The maximum atomic E-state index is 11.9. The molecule has 0 aliphatic heterocycles. The lowest BCUT2D eigenvalue weighted by Crippen LogP contribution is -2.41. The first-order valence-electron chi connectivity index (χ1n) is 4.92. The number of nitrogens with zero attached hydrogens (tertiary/aromatic N) is 2. The molecule has 17 heavy (non-hydrogen) atoms. The number of hydrazine groups is 1. The molecule has 7 heteroatoms. The SMILES string of the molecule is Cc1ccc(S(=O)(=O)/N=C(\NN)N(C)C)cc1. The van der Waals surface area contributed by atoms with Gasteiger partial charge in [-0.1, -0.05) is 17.7 Å². The van der Waals surface area contributed by atoms with Gasteiger partial charge in [0.1, 0.15) is 0 Å². The fourth-order valence-corrected chi connectivity index (χ4v) is 2.14. The first kappa shape index (κ1) is 13.5. The Labute approximate surface area is 101 Å². The monoisotopic (exact) mass is 256 g/mol. The van der Waals surface area contributed by atoms with Gasteiger partial charge in [0.25, 0.3) is 10.0 Å². The minimum absolute atomic E-state index is 0.0746. The summed E-state index contributed by atoms with van der Waals surface area (Å²) in [5.74, 6) is 5.27.